The Morgan fingerprint density at radius 1 is 1.16 bits per heavy atom. The summed E-state index contributed by atoms with van der Waals surface area (Å²) in [7, 11) is 0. The maximum Gasteiger partial charge on any atom is 0.435 e. The van der Waals surface area contributed by atoms with Crippen molar-refractivity contribution in [1.29, 1.82) is 0 Å². The molecule has 164 valence electrons. The summed E-state index contributed by atoms with van der Waals surface area (Å²) in [6, 6.07) is 15.2. The topological polar surface area (TPSA) is 108 Å². The highest BCUT2D eigenvalue weighted by Crippen LogP contribution is 2.24. The van der Waals surface area contributed by atoms with E-state index in [-0.39, 0.29) is 6.04 Å². The lowest BCUT2D eigenvalue weighted by Gasteiger charge is -2.19. The molecule has 4 rings (SSSR count). The van der Waals surface area contributed by atoms with Gasteiger partial charge in [0.1, 0.15) is 11.4 Å². The number of aromatic nitrogens is 4. The molecule has 0 saturated heterocycles. The number of benzene rings is 2. The minimum Gasteiger partial charge on any atom is -0.442 e. The molecule has 0 radical (unpaired) electrons. The van der Waals surface area contributed by atoms with Crippen LogP contribution in [0, 0.1) is 0 Å². The molecule has 3 N–H and O–H groups in total. The number of nitrogens with zero attached hydrogens (tertiary/aromatic N) is 4. The van der Waals surface area contributed by atoms with E-state index in [4.69, 9.17) is 10.5 Å². The van der Waals surface area contributed by atoms with Crippen LogP contribution < -0.4 is 11.1 Å². The van der Waals surface area contributed by atoms with Crippen LogP contribution in [0.2, 0.25) is 0 Å². The number of hydrogen-bond donors (Lipinski definition) is 2. The first-order valence-electron chi connectivity index (χ1n) is 10.4. The quantitative estimate of drug-likeness (QED) is 0.467. The minimum atomic E-state index is -0.594. The Kier molecular flexibility index (Phi) is 5.63. The summed E-state index contributed by atoms with van der Waals surface area (Å²) in [6.07, 6.45) is 2.83. The van der Waals surface area contributed by atoms with Crippen molar-refractivity contribution < 1.29 is 9.53 Å². The highest BCUT2D eigenvalue weighted by molar-refractivity contribution is 5.90. The number of carbonyl (C=O) groups excluding carboxylic acids is 1. The molecule has 4 aromatic rings. The third-order valence-corrected chi connectivity index (χ3v) is 4.73. The Morgan fingerprint density at radius 2 is 1.97 bits per heavy atom. The molecule has 0 saturated carbocycles. The molecule has 0 fully saturated rings. The van der Waals surface area contributed by atoms with E-state index in [2.05, 4.69) is 20.4 Å². The van der Waals surface area contributed by atoms with Gasteiger partial charge in [0, 0.05) is 28.9 Å². The van der Waals surface area contributed by atoms with Crippen molar-refractivity contribution in [2.75, 3.05) is 5.32 Å². The van der Waals surface area contributed by atoms with Crippen LogP contribution in [0.5, 0.6) is 0 Å². The Balaban J connectivity index is 1.57. The fraction of sp³-hybridized carbons (Fsp3) is 0.250. The Hall–Kier alpha value is -3.78. The normalized spacial score (nSPS) is 12.5. The molecule has 0 amide bonds. The van der Waals surface area contributed by atoms with Gasteiger partial charge in [-0.2, -0.15) is 9.78 Å². The number of rotatable bonds is 4. The lowest BCUT2D eigenvalue weighted by atomic mass is 10.1. The number of fused-ring (bicyclic) bond motifs is 1. The monoisotopic (exact) mass is 430 g/mol. The molecular weight excluding hydrogens is 404 g/mol. The molecule has 0 aliphatic carbocycles. The van der Waals surface area contributed by atoms with Gasteiger partial charge in [0.2, 0.25) is 0 Å². The van der Waals surface area contributed by atoms with Gasteiger partial charge in [0.25, 0.3) is 0 Å². The van der Waals surface area contributed by atoms with Crippen molar-refractivity contribution in [3.63, 3.8) is 0 Å². The zero-order chi connectivity index (χ0) is 22.9. The Morgan fingerprint density at radius 3 is 2.72 bits per heavy atom. The van der Waals surface area contributed by atoms with Crippen LogP contribution in [0.25, 0.3) is 22.3 Å². The molecule has 0 spiro atoms. The van der Waals surface area contributed by atoms with Crippen molar-refractivity contribution >= 4 is 28.5 Å². The number of carbonyl (C=O) groups is 1. The third-order valence-electron chi connectivity index (χ3n) is 4.73. The van der Waals surface area contributed by atoms with Gasteiger partial charge in [-0.1, -0.05) is 18.2 Å². The van der Waals surface area contributed by atoms with Gasteiger partial charge in [-0.25, -0.2) is 14.8 Å². The van der Waals surface area contributed by atoms with Crippen LogP contribution in [0.3, 0.4) is 0 Å². The standard InChI is InChI=1S/C24H26N6O2/c1-15(25)16-6-5-7-17(12-16)22-26-11-10-21(29-22)28-19-8-9-20-18(13-19)14-27-30(20)23(31)32-24(2,3)4/h5-15H,25H2,1-4H3,(H,26,28,29). The van der Waals surface area contributed by atoms with E-state index >= 15 is 0 Å². The van der Waals surface area contributed by atoms with Crippen LogP contribution >= 0.6 is 0 Å². The van der Waals surface area contributed by atoms with E-state index < -0.39 is 11.7 Å². The second-order valence-corrected chi connectivity index (χ2v) is 8.61. The second-order valence-electron chi connectivity index (χ2n) is 8.61. The van der Waals surface area contributed by atoms with Crippen molar-refractivity contribution in [1.82, 2.24) is 19.7 Å². The van der Waals surface area contributed by atoms with Crippen LogP contribution in [0.4, 0.5) is 16.3 Å². The summed E-state index contributed by atoms with van der Waals surface area (Å²) in [4.78, 5) is 21.4. The molecule has 0 bridgehead atoms. The van der Waals surface area contributed by atoms with E-state index in [0.29, 0.717) is 17.2 Å². The van der Waals surface area contributed by atoms with Crippen molar-refractivity contribution in [2.24, 2.45) is 5.73 Å². The molecule has 8 heteroatoms. The summed E-state index contributed by atoms with van der Waals surface area (Å²) in [5, 5.41) is 8.28. The van der Waals surface area contributed by atoms with E-state index in [0.717, 1.165) is 22.2 Å². The van der Waals surface area contributed by atoms with E-state index in [1.165, 1.54) is 4.68 Å². The number of nitrogens with two attached hydrogens (primary N) is 1. The molecule has 32 heavy (non-hydrogen) atoms. The first-order chi connectivity index (χ1) is 15.2. The summed E-state index contributed by atoms with van der Waals surface area (Å²) < 4.78 is 6.68. The molecule has 0 aliphatic rings. The van der Waals surface area contributed by atoms with Crippen LogP contribution in [0.1, 0.15) is 39.3 Å². The largest absolute Gasteiger partial charge is 0.442 e. The Bertz CT molecular complexity index is 1270. The number of hydrogen-bond acceptors (Lipinski definition) is 7. The summed E-state index contributed by atoms with van der Waals surface area (Å²) >= 11 is 0. The average Bonchev–Trinajstić information content (AvgIpc) is 3.16. The number of ether oxygens (including phenoxy) is 1. The first kappa shape index (κ1) is 21.5. The van der Waals surface area contributed by atoms with Crippen LogP contribution in [-0.4, -0.2) is 31.4 Å². The summed E-state index contributed by atoms with van der Waals surface area (Å²) in [5.74, 6) is 1.26. The van der Waals surface area contributed by atoms with E-state index in [1.54, 1.807) is 18.5 Å². The van der Waals surface area contributed by atoms with Gasteiger partial charge in [-0.3, -0.25) is 0 Å². The number of anilines is 2. The zero-order valence-electron chi connectivity index (χ0n) is 18.5. The molecule has 2 heterocycles. The smallest absolute Gasteiger partial charge is 0.435 e. The van der Waals surface area contributed by atoms with Crippen molar-refractivity contribution in [3.8, 4) is 11.4 Å². The highest BCUT2D eigenvalue weighted by atomic mass is 16.6. The van der Waals surface area contributed by atoms with Crippen LogP contribution in [-0.2, 0) is 4.74 Å². The highest BCUT2D eigenvalue weighted by Gasteiger charge is 2.20. The van der Waals surface area contributed by atoms with E-state index in [9.17, 15) is 4.79 Å². The SMILES string of the molecule is CC(N)c1cccc(-c2nccc(Nc3ccc4c(cnn4C(=O)OC(C)(C)C)c3)n2)c1. The predicted molar refractivity (Wildman–Crippen MR) is 125 cm³/mol. The summed E-state index contributed by atoms with van der Waals surface area (Å²) in [6.45, 7) is 7.41. The fourth-order valence-corrected chi connectivity index (χ4v) is 3.24. The van der Waals surface area contributed by atoms with Crippen LogP contribution in [0.15, 0.2) is 60.9 Å². The molecule has 0 aliphatic heterocycles. The van der Waals surface area contributed by atoms with Gasteiger partial charge in [-0.05, 0) is 63.6 Å². The van der Waals surface area contributed by atoms with Gasteiger partial charge in [0.05, 0.1) is 11.7 Å². The fourth-order valence-electron chi connectivity index (χ4n) is 3.24. The van der Waals surface area contributed by atoms with Gasteiger partial charge in [-0.15, -0.1) is 0 Å². The van der Waals surface area contributed by atoms with Crippen molar-refractivity contribution in [2.45, 2.75) is 39.3 Å². The van der Waals surface area contributed by atoms with E-state index in [1.807, 2.05) is 70.2 Å². The molecule has 1 unspecified atom stereocenters. The predicted octanol–water partition coefficient (Wildman–Crippen LogP) is 5.04. The van der Waals surface area contributed by atoms with Gasteiger partial charge >= 0.3 is 6.09 Å². The number of nitrogens with one attached hydrogen (secondary N) is 1. The maximum atomic E-state index is 12.4. The lowest BCUT2D eigenvalue weighted by molar-refractivity contribution is 0.0522. The minimum absolute atomic E-state index is 0.0652. The Labute approximate surface area is 186 Å². The lowest BCUT2D eigenvalue weighted by Crippen LogP contribution is -2.27. The second kappa shape index (κ2) is 8.39. The van der Waals surface area contributed by atoms with Gasteiger partial charge < -0.3 is 15.8 Å². The van der Waals surface area contributed by atoms with Crippen molar-refractivity contribution in [3.05, 3.63) is 66.5 Å². The average molecular weight is 431 g/mol. The zero-order valence-corrected chi connectivity index (χ0v) is 18.5. The van der Waals surface area contributed by atoms with Gasteiger partial charge in [0.15, 0.2) is 5.82 Å². The third kappa shape index (κ3) is 4.76. The first-order valence-corrected chi connectivity index (χ1v) is 10.4. The molecule has 1 atom stereocenters. The molecule has 8 nitrogen and oxygen atoms in total. The maximum absolute atomic E-state index is 12.4. The molecule has 2 aromatic heterocycles. The summed E-state index contributed by atoms with van der Waals surface area (Å²) in [5.41, 5.74) is 8.81. The molecular formula is C24H26N6O2. The molecule has 2 aromatic carbocycles.